The Morgan fingerprint density at radius 1 is 0.727 bits per heavy atom. The molecule has 0 saturated carbocycles. The summed E-state index contributed by atoms with van der Waals surface area (Å²) in [5.74, 6) is -2.09. The summed E-state index contributed by atoms with van der Waals surface area (Å²) in [6.45, 7) is 2.32. The van der Waals surface area contributed by atoms with E-state index in [1.807, 2.05) is 0 Å². The zero-order valence-corrected chi connectivity index (χ0v) is 20.3. The summed E-state index contributed by atoms with van der Waals surface area (Å²) >= 11 is 0. The van der Waals surface area contributed by atoms with Crippen LogP contribution >= 0.6 is 0 Å². The lowest BCUT2D eigenvalue weighted by molar-refractivity contribution is -0.138. The first-order chi connectivity index (χ1) is 15.9. The molecule has 0 N–H and O–H groups in total. The highest BCUT2D eigenvalue weighted by atomic mass is 19.4. The first kappa shape index (κ1) is 29.4. The van der Waals surface area contributed by atoms with E-state index in [1.165, 1.54) is 83.5 Å². The summed E-state index contributed by atoms with van der Waals surface area (Å²) in [7, 11) is 0. The van der Waals surface area contributed by atoms with E-state index in [-0.39, 0.29) is 6.61 Å². The summed E-state index contributed by atoms with van der Waals surface area (Å²) in [6.07, 6.45) is 16.2. The number of unbranched alkanes of at least 4 members (excludes halogenated alkanes) is 16. The minimum Gasteiger partial charge on any atom is -0.462 e. The fourth-order valence-electron chi connectivity index (χ4n) is 4.00. The van der Waals surface area contributed by atoms with Gasteiger partial charge in [0.05, 0.1) is 17.7 Å². The molecule has 33 heavy (non-hydrogen) atoms. The number of carbonyl (C=O) groups excluding carboxylic acids is 1. The third kappa shape index (κ3) is 14.3. The van der Waals surface area contributed by atoms with Gasteiger partial charge in [0.25, 0.3) is 0 Å². The fraction of sp³-hybridized carbons (Fsp3) is 0.741. The van der Waals surface area contributed by atoms with Gasteiger partial charge in [-0.1, -0.05) is 110 Å². The number of halogens is 4. The third-order valence-corrected chi connectivity index (χ3v) is 5.99. The predicted molar refractivity (Wildman–Crippen MR) is 126 cm³/mol. The molecule has 0 aliphatic heterocycles. The van der Waals surface area contributed by atoms with Crippen LogP contribution in [0.1, 0.15) is 132 Å². The lowest BCUT2D eigenvalue weighted by atomic mass is 10.0. The normalized spacial score (nSPS) is 11.7. The van der Waals surface area contributed by atoms with Crippen LogP contribution in [0.3, 0.4) is 0 Å². The highest BCUT2D eigenvalue weighted by molar-refractivity contribution is 5.91. The molecule has 0 bridgehead atoms. The molecule has 0 aromatic heterocycles. The van der Waals surface area contributed by atoms with Crippen LogP contribution in [0.2, 0.25) is 0 Å². The van der Waals surface area contributed by atoms with Gasteiger partial charge in [-0.05, 0) is 24.6 Å². The van der Waals surface area contributed by atoms with Crippen molar-refractivity contribution in [1.29, 1.82) is 0 Å². The fourth-order valence-corrected chi connectivity index (χ4v) is 4.00. The van der Waals surface area contributed by atoms with Crippen LogP contribution < -0.4 is 0 Å². The van der Waals surface area contributed by atoms with E-state index < -0.39 is 29.1 Å². The summed E-state index contributed by atoms with van der Waals surface area (Å²) in [6, 6.07) is 1.99. The summed E-state index contributed by atoms with van der Waals surface area (Å²) in [5.41, 5.74) is -1.94. The number of carbonyl (C=O) groups is 1. The zero-order chi connectivity index (χ0) is 24.4. The molecule has 190 valence electrons. The Morgan fingerprint density at radius 3 is 1.58 bits per heavy atom. The number of esters is 1. The summed E-state index contributed by atoms with van der Waals surface area (Å²) in [5, 5.41) is 0. The molecule has 1 aromatic carbocycles. The van der Waals surface area contributed by atoms with Crippen molar-refractivity contribution in [1.82, 2.24) is 0 Å². The molecular formula is C27H42F4O2. The topological polar surface area (TPSA) is 26.3 Å². The Kier molecular flexibility index (Phi) is 15.9. The van der Waals surface area contributed by atoms with Gasteiger partial charge in [0.15, 0.2) is 0 Å². The molecule has 2 nitrogen and oxygen atoms in total. The highest BCUT2D eigenvalue weighted by Crippen LogP contribution is 2.33. The van der Waals surface area contributed by atoms with Gasteiger partial charge in [-0.2, -0.15) is 13.2 Å². The van der Waals surface area contributed by atoms with Gasteiger partial charge in [-0.25, -0.2) is 9.18 Å². The Bertz CT molecular complexity index is 643. The van der Waals surface area contributed by atoms with Crippen molar-refractivity contribution in [2.45, 2.75) is 122 Å². The maximum Gasteiger partial charge on any atom is 0.417 e. The van der Waals surface area contributed by atoms with E-state index in [0.29, 0.717) is 12.5 Å². The molecule has 0 spiro atoms. The predicted octanol–water partition coefficient (Wildman–Crippen LogP) is 9.65. The number of hydrogen-bond acceptors (Lipinski definition) is 2. The van der Waals surface area contributed by atoms with Crippen molar-refractivity contribution in [3.05, 3.63) is 35.1 Å². The molecule has 1 rings (SSSR count). The van der Waals surface area contributed by atoms with E-state index in [0.717, 1.165) is 31.4 Å². The first-order valence-corrected chi connectivity index (χ1v) is 12.9. The maximum atomic E-state index is 13.1. The highest BCUT2D eigenvalue weighted by Gasteiger charge is 2.36. The van der Waals surface area contributed by atoms with Crippen LogP contribution in [0.5, 0.6) is 0 Å². The molecule has 1 aromatic rings. The third-order valence-electron chi connectivity index (χ3n) is 5.99. The molecule has 6 heteroatoms. The van der Waals surface area contributed by atoms with Crippen LogP contribution in [0.15, 0.2) is 18.2 Å². The van der Waals surface area contributed by atoms with Gasteiger partial charge >= 0.3 is 12.1 Å². The largest absolute Gasteiger partial charge is 0.462 e. The number of ether oxygens (including phenoxy) is 1. The first-order valence-electron chi connectivity index (χ1n) is 12.9. The van der Waals surface area contributed by atoms with E-state index in [2.05, 4.69) is 6.92 Å². The van der Waals surface area contributed by atoms with Gasteiger partial charge in [0.1, 0.15) is 5.82 Å². The van der Waals surface area contributed by atoms with Crippen LogP contribution in [0.4, 0.5) is 17.6 Å². The van der Waals surface area contributed by atoms with Crippen molar-refractivity contribution in [3.8, 4) is 0 Å². The molecule has 0 amide bonds. The summed E-state index contributed by atoms with van der Waals surface area (Å²) < 4.78 is 57.0. The van der Waals surface area contributed by atoms with Crippen molar-refractivity contribution in [2.24, 2.45) is 0 Å². The Balaban J connectivity index is 1.96. The van der Waals surface area contributed by atoms with Gasteiger partial charge in [-0.15, -0.1) is 0 Å². The monoisotopic (exact) mass is 474 g/mol. The molecule has 0 heterocycles. The quantitative estimate of drug-likeness (QED) is 0.113. The Labute approximate surface area is 197 Å². The van der Waals surface area contributed by atoms with Crippen LogP contribution in [0.25, 0.3) is 0 Å². The van der Waals surface area contributed by atoms with Gasteiger partial charge in [0.2, 0.25) is 0 Å². The van der Waals surface area contributed by atoms with E-state index >= 15 is 0 Å². The molecule has 0 radical (unpaired) electrons. The molecule has 0 aliphatic carbocycles. The smallest absolute Gasteiger partial charge is 0.417 e. The van der Waals surface area contributed by atoms with Crippen LogP contribution in [-0.2, 0) is 10.9 Å². The SMILES string of the molecule is CCCCCCCCCCCCCCCCCCCOC(=O)c1ccc(F)cc1C(F)(F)F. The van der Waals surface area contributed by atoms with E-state index in [9.17, 15) is 22.4 Å². The lowest BCUT2D eigenvalue weighted by Crippen LogP contribution is -2.16. The Hall–Kier alpha value is -1.59. The number of hydrogen-bond donors (Lipinski definition) is 0. The average molecular weight is 475 g/mol. The Morgan fingerprint density at radius 2 is 1.15 bits per heavy atom. The minimum absolute atomic E-state index is 0.0755. The second kappa shape index (κ2) is 17.8. The molecule has 0 aliphatic rings. The van der Waals surface area contributed by atoms with Gasteiger partial charge in [-0.3, -0.25) is 0 Å². The van der Waals surface area contributed by atoms with Crippen molar-refractivity contribution in [2.75, 3.05) is 6.61 Å². The van der Waals surface area contributed by atoms with Crippen molar-refractivity contribution in [3.63, 3.8) is 0 Å². The van der Waals surface area contributed by atoms with Crippen molar-refractivity contribution >= 4 is 5.97 Å². The molecular weight excluding hydrogens is 432 g/mol. The van der Waals surface area contributed by atoms with Gasteiger partial charge in [0, 0.05) is 0 Å². The molecule has 0 atom stereocenters. The zero-order valence-electron chi connectivity index (χ0n) is 20.3. The number of alkyl halides is 3. The minimum atomic E-state index is -4.80. The van der Waals surface area contributed by atoms with Crippen LogP contribution in [0, 0.1) is 5.82 Å². The van der Waals surface area contributed by atoms with E-state index in [1.54, 1.807) is 0 Å². The van der Waals surface area contributed by atoms with Gasteiger partial charge < -0.3 is 4.74 Å². The number of benzene rings is 1. The van der Waals surface area contributed by atoms with Crippen molar-refractivity contribution < 1.29 is 27.1 Å². The lowest BCUT2D eigenvalue weighted by Gasteiger charge is -2.12. The number of rotatable bonds is 19. The van der Waals surface area contributed by atoms with Crippen LogP contribution in [-0.4, -0.2) is 12.6 Å². The van der Waals surface area contributed by atoms with E-state index in [4.69, 9.17) is 4.74 Å². The molecule has 0 saturated heterocycles. The standard InChI is InChI=1S/C27H42F4O2/c1-2-3-4-5-6-7-8-9-10-11-12-13-14-15-16-17-18-21-33-26(32)24-20-19-23(28)22-25(24)27(29,30)31/h19-20,22H,2-18,21H2,1H3. The summed E-state index contributed by atoms with van der Waals surface area (Å²) in [4.78, 5) is 12.0. The molecule has 0 unspecified atom stereocenters. The average Bonchev–Trinajstić information content (AvgIpc) is 2.77. The maximum absolute atomic E-state index is 13.1. The second-order valence-corrected chi connectivity index (χ2v) is 8.98. The molecule has 0 fully saturated rings. The second-order valence-electron chi connectivity index (χ2n) is 8.98.